The van der Waals surface area contributed by atoms with E-state index in [1.807, 2.05) is 13.8 Å². The molecular formula is C12H15ClN2O2. The Morgan fingerprint density at radius 3 is 2.65 bits per heavy atom. The molecule has 1 atom stereocenters. The van der Waals surface area contributed by atoms with Crippen molar-refractivity contribution in [1.29, 1.82) is 0 Å². The lowest BCUT2D eigenvalue weighted by Crippen LogP contribution is -2.40. The number of rotatable bonds is 3. The number of nitrogens with one attached hydrogen (secondary N) is 2. The first-order valence-corrected chi connectivity index (χ1v) is 5.78. The van der Waals surface area contributed by atoms with Gasteiger partial charge >= 0.3 is 11.8 Å². The van der Waals surface area contributed by atoms with Crippen molar-refractivity contribution in [2.24, 2.45) is 0 Å². The molecule has 0 saturated heterocycles. The zero-order valence-corrected chi connectivity index (χ0v) is 10.5. The minimum Gasteiger partial charge on any atom is -0.345 e. The molecule has 92 valence electrons. The lowest BCUT2D eigenvalue weighted by molar-refractivity contribution is -0.136. The molecule has 2 amide bonds. The molecular weight excluding hydrogens is 240 g/mol. The minimum atomic E-state index is -0.687. The first-order chi connectivity index (χ1) is 8.02. The van der Waals surface area contributed by atoms with Crippen LogP contribution in [-0.4, -0.2) is 17.9 Å². The molecule has 0 bridgehead atoms. The van der Waals surface area contributed by atoms with Gasteiger partial charge < -0.3 is 10.6 Å². The molecule has 1 aromatic rings. The number of halogens is 1. The van der Waals surface area contributed by atoms with E-state index < -0.39 is 11.8 Å². The third kappa shape index (κ3) is 4.44. The first kappa shape index (κ1) is 13.5. The number of carbonyl (C=O) groups is 2. The summed E-state index contributed by atoms with van der Waals surface area (Å²) in [5, 5.41) is 5.56. The zero-order valence-electron chi connectivity index (χ0n) is 9.79. The molecule has 0 radical (unpaired) electrons. The van der Waals surface area contributed by atoms with Crippen molar-refractivity contribution in [2.75, 3.05) is 5.32 Å². The second-order valence-corrected chi connectivity index (χ2v) is 4.18. The van der Waals surface area contributed by atoms with Crippen molar-refractivity contribution in [3.05, 3.63) is 29.3 Å². The second kappa shape index (κ2) is 6.25. The van der Waals surface area contributed by atoms with Gasteiger partial charge in [0, 0.05) is 16.8 Å². The maximum atomic E-state index is 11.5. The summed E-state index contributed by atoms with van der Waals surface area (Å²) >= 11 is 5.76. The van der Waals surface area contributed by atoms with Crippen LogP contribution in [0.3, 0.4) is 0 Å². The van der Waals surface area contributed by atoms with Gasteiger partial charge in [-0.3, -0.25) is 9.59 Å². The van der Waals surface area contributed by atoms with Gasteiger partial charge in [-0.1, -0.05) is 24.6 Å². The molecule has 0 aromatic heterocycles. The van der Waals surface area contributed by atoms with Gasteiger partial charge in [0.05, 0.1) is 0 Å². The normalized spacial score (nSPS) is 11.7. The van der Waals surface area contributed by atoms with Crippen molar-refractivity contribution in [1.82, 2.24) is 5.32 Å². The summed E-state index contributed by atoms with van der Waals surface area (Å²) < 4.78 is 0. The summed E-state index contributed by atoms with van der Waals surface area (Å²) in [6.07, 6.45) is 0.774. The highest BCUT2D eigenvalue weighted by Crippen LogP contribution is 2.14. The monoisotopic (exact) mass is 254 g/mol. The molecule has 4 nitrogen and oxygen atoms in total. The van der Waals surface area contributed by atoms with Gasteiger partial charge in [-0.25, -0.2) is 0 Å². The van der Waals surface area contributed by atoms with Crippen molar-refractivity contribution in [2.45, 2.75) is 26.3 Å². The lowest BCUT2D eigenvalue weighted by Gasteiger charge is -2.11. The van der Waals surface area contributed by atoms with E-state index in [2.05, 4.69) is 10.6 Å². The average Bonchev–Trinajstić information content (AvgIpc) is 2.28. The van der Waals surface area contributed by atoms with Crippen LogP contribution in [0.5, 0.6) is 0 Å². The Morgan fingerprint density at radius 2 is 2.06 bits per heavy atom. The molecule has 1 rings (SSSR count). The van der Waals surface area contributed by atoms with Crippen molar-refractivity contribution >= 4 is 29.1 Å². The second-order valence-electron chi connectivity index (χ2n) is 3.75. The highest BCUT2D eigenvalue weighted by atomic mass is 35.5. The van der Waals surface area contributed by atoms with Gasteiger partial charge in [-0.2, -0.15) is 0 Å². The van der Waals surface area contributed by atoms with Gasteiger partial charge in [0.15, 0.2) is 0 Å². The lowest BCUT2D eigenvalue weighted by atomic mass is 10.2. The van der Waals surface area contributed by atoms with E-state index in [0.717, 1.165) is 6.42 Å². The number of amides is 2. The zero-order chi connectivity index (χ0) is 12.8. The van der Waals surface area contributed by atoms with Gasteiger partial charge in [0.25, 0.3) is 0 Å². The standard InChI is InChI=1S/C12H15ClN2O2/c1-3-8(2)14-11(16)12(17)15-10-6-4-5-9(13)7-10/h4-8H,3H2,1-2H3,(H,14,16)(H,15,17). The molecule has 0 saturated carbocycles. The summed E-state index contributed by atoms with van der Waals surface area (Å²) in [4.78, 5) is 23.0. The summed E-state index contributed by atoms with van der Waals surface area (Å²) in [5.74, 6) is -1.33. The summed E-state index contributed by atoms with van der Waals surface area (Å²) in [6.45, 7) is 3.77. The van der Waals surface area contributed by atoms with Gasteiger partial charge in [-0.05, 0) is 31.5 Å². The van der Waals surface area contributed by atoms with Crippen molar-refractivity contribution < 1.29 is 9.59 Å². The Kier molecular flexibility index (Phi) is 4.97. The maximum Gasteiger partial charge on any atom is 0.313 e. The highest BCUT2D eigenvalue weighted by Gasteiger charge is 2.15. The number of anilines is 1. The fraction of sp³-hybridized carbons (Fsp3) is 0.333. The number of hydrogen-bond acceptors (Lipinski definition) is 2. The Bertz CT molecular complexity index is 421. The van der Waals surface area contributed by atoms with E-state index in [1.54, 1.807) is 24.3 Å². The Hall–Kier alpha value is -1.55. The van der Waals surface area contributed by atoms with Crippen LogP contribution < -0.4 is 10.6 Å². The topological polar surface area (TPSA) is 58.2 Å². The fourth-order valence-electron chi connectivity index (χ4n) is 1.15. The smallest absolute Gasteiger partial charge is 0.313 e. The SMILES string of the molecule is CCC(C)NC(=O)C(=O)Nc1cccc(Cl)c1. The van der Waals surface area contributed by atoms with Gasteiger partial charge in [-0.15, -0.1) is 0 Å². The molecule has 1 aromatic carbocycles. The van der Waals surface area contributed by atoms with Crippen LogP contribution in [0, 0.1) is 0 Å². The molecule has 2 N–H and O–H groups in total. The molecule has 0 fully saturated rings. The van der Waals surface area contributed by atoms with Gasteiger partial charge in [0.2, 0.25) is 0 Å². The van der Waals surface area contributed by atoms with Crippen LogP contribution in [0.4, 0.5) is 5.69 Å². The summed E-state index contributed by atoms with van der Waals surface area (Å²) in [6, 6.07) is 6.62. The van der Waals surface area contributed by atoms with Crippen LogP contribution in [0.25, 0.3) is 0 Å². The van der Waals surface area contributed by atoms with E-state index >= 15 is 0 Å². The largest absolute Gasteiger partial charge is 0.345 e. The number of benzene rings is 1. The molecule has 0 heterocycles. The predicted molar refractivity (Wildman–Crippen MR) is 68.0 cm³/mol. The van der Waals surface area contributed by atoms with E-state index in [4.69, 9.17) is 11.6 Å². The summed E-state index contributed by atoms with van der Waals surface area (Å²) in [7, 11) is 0. The fourth-order valence-corrected chi connectivity index (χ4v) is 1.34. The Balaban J connectivity index is 2.57. The Labute approximate surface area is 105 Å². The quantitative estimate of drug-likeness (QED) is 0.813. The third-order valence-corrected chi connectivity index (χ3v) is 2.51. The Morgan fingerprint density at radius 1 is 1.35 bits per heavy atom. The van der Waals surface area contributed by atoms with Crippen molar-refractivity contribution in [3.63, 3.8) is 0 Å². The molecule has 0 aliphatic heterocycles. The van der Waals surface area contributed by atoms with Crippen LogP contribution >= 0.6 is 11.6 Å². The maximum absolute atomic E-state index is 11.5. The van der Waals surface area contributed by atoms with Gasteiger partial charge in [0.1, 0.15) is 0 Å². The van der Waals surface area contributed by atoms with E-state index in [-0.39, 0.29) is 6.04 Å². The molecule has 5 heteroatoms. The molecule has 0 spiro atoms. The molecule has 1 unspecified atom stereocenters. The predicted octanol–water partition coefficient (Wildman–Crippen LogP) is 2.19. The molecule has 0 aliphatic carbocycles. The van der Waals surface area contributed by atoms with Crippen molar-refractivity contribution in [3.8, 4) is 0 Å². The average molecular weight is 255 g/mol. The summed E-state index contributed by atoms with van der Waals surface area (Å²) in [5.41, 5.74) is 0.502. The molecule has 0 aliphatic rings. The number of hydrogen-bond donors (Lipinski definition) is 2. The van der Waals surface area contributed by atoms with Crippen LogP contribution in [-0.2, 0) is 9.59 Å². The minimum absolute atomic E-state index is 0.0207. The van der Waals surface area contributed by atoms with Crippen LogP contribution in [0.1, 0.15) is 20.3 Å². The molecule has 17 heavy (non-hydrogen) atoms. The number of carbonyl (C=O) groups excluding carboxylic acids is 2. The van der Waals surface area contributed by atoms with E-state index in [9.17, 15) is 9.59 Å². The highest BCUT2D eigenvalue weighted by molar-refractivity contribution is 6.39. The van der Waals surface area contributed by atoms with Crippen LogP contribution in [0.2, 0.25) is 5.02 Å². The van der Waals surface area contributed by atoms with Crippen LogP contribution in [0.15, 0.2) is 24.3 Å². The first-order valence-electron chi connectivity index (χ1n) is 5.40. The third-order valence-electron chi connectivity index (χ3n) is 2.28. The van der Waals surface area contributed by atoms with E-state index in [1.165, 1.54) is 0 Å². The van der Waals surface area contributed by atoms with E-state index in [0.29, 0.717) is 10.7 Å².